The average molecular weight is 268 g/mol. The molecule has 5 nitrogen and oxygen atoms in total. The van der Waals surface area contributed by atoms with Gasteiger partial charge in [-0.2, -0.15) is 0 Å². The fourth-order valence-electron chi connectivity index (χ4n) is 2.20. The zero-order chi connectivity index (χ0) is 13.1. The zero-order valence-electron chi connectivity index (χ0n) is 10.3. The Kier molecular flexibility index (Phi) is 3.96. The highest BCUT2D eigenvalue weighted by Gasteiger charge is 2.28. The summed E-state index contributed by atoms with van der Waals surface area (Å²) >= 11 is 1.47. The highest BCUT2D eigenvalue weighted by atomic mass is 32.1. The van der Waals surface area contributed by atoms with Gasteiger partial charge in [-0.3, -0.25) is 9.59 Å². The van der Waals surface area contributed by atoms with Crippen LogP contribution in [0.25, 0.3) is 0 Å². The maximum atomic E-state index is 12.1. The maximum Gasteiger partial charge on any atom is 0.303 e. The molecule has 2 heterocycles. The number of aromatic nitrogens is 1. The molecule has 1 aromatic rings. The molecule has 6 heteroatoms. The van der Waals surface area contributed by atoms with E-state index >= 15 is 0 Å². The van der Waals surface area contributed by atoms with Gasteiger partial charge in [-0.05, 0) is 25.7 Å². The van der Waals surface area contributed by atoms with Gasteiger partial charge in [-0.15, -0.1) is 11.3 Å². The molecule has 0 spiro atoms. The third-order valence-corrected chi connectivity index (χ3v) is 3.95. The second-order valence-electron chi connectivity index (χ2n) is 4.59. The van der Waals surface area contributed by atoms with Gasteiger partial charge in [0.25, 0.3) is 5.91 Å². The van der Waals surface area contributed by atoms with Crippen LogP contribution >= 0.6 is 11.3 Å². The molecular formula is C12H16N2O3S. The summed E-state index contributed by atoms with van der Waals surface area (Å²) in [5.41, 5.74) is 0.511. The predicted octanol–water partition coefficient (Wildman–Crippen LogP) is 1.78. The molecule has 1 amide bonds. The molecule has 1 unspecified atom stereocenters. The van der Waals surface area contributed by atoms with Crippen LogP contribution in [0.15, 0.2) is 5.38 Å². The van der Waals surface area contributed by atoms with Crippen LogP contribution in [-0.2, 0) is 4.79 Å². The molecule has 1 atom stereocenters. The van der Waals surface area contributed by atoms with E-state index in [1.807, 2.05) is 6.92 Å². The van der Waals surface area contributed by atoms with Gasteiger partial charge in [0.2, 0.25) is 0 Å². The van der Waals surface area contributed by atoms with E-state index in [-0.39, 0.29) is 12.3 Å². The van der Waals surface area contributed by atoms with E-state index in [9.17, 15) is 9.59 Å². The summed E-state index contributed by atoms with van der Waals surface area (Å²) in [5, 5.41) is 11.3. The van der Waals surface area contributed by atoms with Crippen molar-refractivity contribution in [2.45, 2.75) is 26.2 Å². The minimum atomic E-state index is -0.769. The number of amides is 1. The number of hydrogen-bond acceptors (Lipinski definition) is 4. The monoisotopic (exact) mass is 268 g/mol. The molecule has 1 N–H and O–H groups in total. The second-order valence-corrected chi connectivity index (χ2v) is 5.65. The number of carbonyl (C=O) groups excluding carboxylic acids is 1. The van der Waals surface area contributed by atoms with E-state index in [1.165, 1.54) is 11.3 Å². The largest absolute Gasteiger partial charge is 0.481 e. The summed E-state index contributed by atoms with van der Waals surface area (Å²) < 4.78 is 0. The lowest BCUT2D eigenvalue weighted by molar-refractivity contribution is -0.137. The lowest BCUT2D eigenvalue weighted by atomic mass is 10.0. The van der Waals surface area contributed by atoms with Gasteiger partial charge in [-0.1, -0.05) is 0 Å². The third-order valence-electron chi connectivity index (χ3n) is 3.18. The number of carboxylic acids is 1. The number of carbonyl (C=O) groups is 2. The van der Waals surface area contributed by atoms with Gasteiger partial charge in [-0.25, -0.2) is 4.98 Å². The first-order chi connectivity index (χ1) is 8.56. The van der Waals surface area contributed by atoms with Crippen molar-refractivity contribution in [3.8, 4) is 0 Å². The molecule has 0 radical (unpaired) electrons. The van der Waals surface area contributed by atoms with Crippen LogP contribution in [0, 0.1) is 12.8 Å². The maximum absolute atomic E-state index is 12.1. The van der Waals surface area contributed by atoms with Crippen LogP contribution in [0.1, 0.15) is 34.8 Å². The van der Waals surface area contributed by atoms with E-state index in [2.05, 4.69) is 4.98 Å². The molecular weight excluding hydrogens is 252 g/mol. The van der Waals surface area contributed by atoms with Crippen molar-refractivity contribution in [2.24, 2.45) is 5.92 Å². The molecule has 1 aromatic heterocycles. The van der Waals surface area contributed by atoms with Crippen molar-refractivity contribution in [3.63, 3.8) is 0 Å². The molecule has 1 aliphatic rings. The Morgan fingerprint density at radius 1 is 1.61 bits per heavy atom. The summed E-state index contributed by atoms with van der Waals surface area (Å²) in [7, 11) is 0. The lowest BCUT2D eigenvalue weighted by Crippen LogP contribution is -2.29. The quantitative estimate of drug-likeness (QED) is 0.903. The van der Waals surface area contributed by atoms with E-state index in [4.69, 9.17) is 5.11 Å². The van der Waals surface area contributed by atoms with Crippen LogP contribution < -0.4 is 0 Å². The Labute approximate surface area is 109 Å². The van der Waals surface area contributed by atoms with Gasteiger partial charge in [0.05, 0.1) is 5.01 Å². The van der Waals surface area contributed by atoms with Crippen molar-refractivity contribution in [1.29, 1.82) is 0 Å². The van der Waals surface area contributed by atoms with Gasteiger partial charge in [0.15, 0.2) is 0 Å². The molecule has 0 bridgehead atoms. The molecule has 0 aromatic carbocycles. The fourth-order valence-corrected chi connectivity index (χ4v) is 2.79. The first-order valence-corrected chi connectivity index (χ1v) is 6.87. The van der Waals surface area contributed by atoms with E-state index in [1.54, 1.807) is 10.3 Å². The Balaban J connectivity index is 1.88. The zero-order valence-corrected chi connectivity index (χ0v) is 11.1. The first-order valence-electron chi connectivity index (χ1n) is 5.99. The van der Waals surface area contributed by atoms with Crippen molar-refractivity contribution in [1.82, 2.24) is 9.88 Å². The van der Waals surface area contributed by atoms with Crippen LogP contribution in [-0.4, -0.2) is 40.0 Å². The predicted molar refractivity (Wildman–Crippen MR) is 67.7 cm³/mol. The normalized spacial score (nSPS) is 19.2. The van der Waals surface area contributed by atoms with Crippen molar-refractivity contribution in [3.05, 3.63) is 16.1 Å². The van der Waals surface area contributed by atoms with Gasteiger partial charge < -0.3 is 10.0 Å². The van der Waals surface area contributed by atoms with E-state index in [0.717, 1.165) is 11.4 Å². The van der Waals surface area contributed by atoms with Gasteiger partial charge in [0, 0.05) is 24.9 Å². The smallest absolute Gasteiger partial charge is 0.303 e. The SMILES string of the molecule is Cc1nc(C(=O)N2CCC(CCC(=O)O)C2)cs1. The van der Waals surface area contributed by atoms with Crippen LogP contribution in [0.2, 0.25) is 0 Å². The number of rotatable bonds is 4. The molecule has 18 heavy (non-hydrogen) atoms. The Morgan fingerprint density at radius 2 is 2.39 bits per heavy atom. The number of thiazole rings is 1. The van der Waals surface area contributed by atoms with E-state index in [0.29, 0.717) is 31.1 Å². The van der Waals surface area contributed by atoms with Crippen molar-refractivity contribution in [2.75, 3.05) is 13.1 Å². The summed E-state index contributed by atoms with van der Waals surface area (Å²) in [6.45, 7) is 3.24. The molecule has 1 saturated heterocycles. The first kappa shape index (κ1) is 13.0. The van der Waals surface area contributed by atoms with Gasteiger partial charge >= 0.3 is 5.97 Å². The van der Waals surface area contributed by atoms with Crippen molar-refractivity contribution >= 4 is 23.2 Å². The fraction of sp³-hybridized carbons (Fsp3) is 0.583. The number of hydrogen-bond donors (Lipinski definition) is 1. The minimum Gasteiger partial charge on any atom is -0.481 e. The minimum absolute atomic E-state index is 0.0304. The highest BCUT2D eigenvalue weighted by Crippen LogP contribution is 2.23. The Bertz CT molecular complexity index is 458. The Morgan fingerprint density at radius 3 is 3.00 bits per heavy atom. The second kappa shape index (κ2) is 5.48. The third kappa shape index (κ3) is 3.07. The van der Waals surface area contributed by atoms with Crippen molar-refractivity contribution < 1.29 is 14.7 Å². The highest BCUT2D eigenvalue weighted by molar-refractivity contribution is 7.09. The topological polar surface area (TPSA) is 70.5 Å². The molecule has 0 aliphatic carbocycles. The lowest BCUT2D eigenvalue weighted by Gasteiger charge is -2.14. The summed E-state index contributed by atoms with van der Waals surface area (Å²) in [6.07, 6.45) is 1.72. The summed E-state index contributed by atoms with van der Waals surface area (Å²) in [6, 6.07) is 0. The standard InChI is InChI=1S/C12H16N2O3S/c1-8-13-10(7-18-8)12(17)14-5-4-9(6-14)2-3-11(15)16/h7,9H,2-6H2,1H3,(H,15,16). The molecule has 2 rings (SSSR count). The van der Waals surface area contributed by atoms with Crippen LogP contribution in [0.4, 0.5) is 0 Å². The summed E-state index contributed by atoms with van der Waals surface area (Å²) in [4.78, 5) is 28.6. The number of aliphatic carboxylic acids is 1. The summed E-state index contributed by atoms with van der Waals surface area (Å²) in [5.74, 6) is -0.489. The van der Waals surface area contributed by atoms with Crippen LogP contribution in [0.5, 0.6) is 0 Å². The molecule has 1 aliphatic heterocycles. The van der Waals surface area contributed by atoms with Crippen LogP contribution in [0.3, 0.4) is 0 Å². The molecule has 0 saturated carbocycles. The number of nitrogens with zero attached hydrogens (tertiary/aromatic N) is 2. The number of carboxylic acid groups (broad SMARTS) is 1. The van der Waals surface area contributed by atoms with Gasteiger partial charge in [0.1, 0.15) is 5.69 Å². The molecule has 1 fully saturated rings. The van der Waals surface area contributed by atoms with E-state index < -0.39 is 5.97 Å². The average Bonchev–Trinajstić information content (AvgIpc) is 2.94. The molecule has 98 valence electrons. The number of aryl methyl sites for hydroxylation is 1. The Hall–Kier alpha value is -1.43. The number of likely N-dealkylation sites (tertiary alicyclic amines) is 1.